The van der Waals surface area contributed by atoms with Gasteiger partial charge < -0.3 is 10.7 Å². The molecule has 0 bridgehead atoms. The Balaban J connectivity index is 2.60. The molecule has 0 radical (unpaired) electrons. The van der Waals surface area contributed by atoms with Crippen LogP contribution in [0.4, 0.5) is 29.2 Å². The van der Waals surface area contributed by atoms with E-state index < -0.39 is 18.9 Å². The summed E-state index contributed by atoms with van der Waals surface area (Å²) in [5.41, 5.74) is 2.16. The van der Waals surface area contributed by atoms with Crippen molar-refractivity contribution in [2.45, 2.75) is 12.3 Å². The number of alkyl halides is 4. The van der Waals surface area contributed by atoms with Crippen LogP contribution >= 0.6 is 0 Å². The number of anilines is 2. The van der Waals surface area contributed by atoms with Crippen molar-refractivity contribution in [1.82, 2.24) is 9.97 Å². The Kier molecular flexibility index (Phi) is 3.82. The fraction of sp³-hybridized carbons (Fsp3) is 0.429. The van der Waals surface area contributed by atoms with Gasteiger partial charge in [-0.2, -0.15) is 8.78 Å². The molecule has 16 heavy (non-hydrogen) atoms. The highest BCUT2D eigenvalue weighted by atomic mass is 19.3. The number of hydrogen-bond acceptors (Lipinski definition) is 5. The molecule has 0 spiro atoms. The molecule has 0 aliphatic carbocycles. The minimum atomic E-state index is -4.11. The Morgan fingerprint density at radius 3 is 2.50 bits per heavy atom. The summed E-state index contributed by atoms with van der Waals surface area (Å²) in [6, 6.07) is 1.21. The average molecular weight is 239 g/mol. The summed E-state index contributed by atoms with van der Waals surface area (Å²) in [4.78, 5) is 7.17. The monoisotopic (exact) mass is 239 g/mol. The van der Waals surface area contributed by atoms with Crippen LogP contribution in [0, 0.1) is 0 Å². The normalized spacial score (nSPS) is 11.6. The number of nitrogen functional groups attached to an aromatic ring is 1. The Morgan fingerprint density at radius 1 is 1.31 bits per heavy atom. The summed E-state index contributed by atoms with van der Waals surface area (Å²) < 4.78 is 48.6. The molecule has 0 fully saturated rings. The maximum atomic E-state index is 12.5. The molecule has 9 heteroatoms. The molecule has 0 saturated carbocycles. The molecule has 0 aromatic carbocycles. The number of nitrogens with two attached hydrogens (primary N) is 1. The highest BCUT2D eigenvalue weighted by Gasteiger charge is 2.40. The van der Waals surface area contributed by atoms with Gasteiger partial charge in [0.25, 0.3) is 0 Å². The third-order valence-corrected chi connectivity index (χ3v) is 1.64. The van der Waals surface area contributed by atoms with Crippen LogP contribution in [0.15, 0.2) is 12.4 Å². The van der Waals surface area contributed by atoms with Gasteiger partial charge >= 0.3 is 12.3 Å². The van der Waals surface area contributed by atoms with Crippen LogP contribution < -0.4 is 16.6 Å². The number of aromatic nitrogens is 2. The molecule has 1 rings (SSSR count). The van der Waals surface area contributed by atoms with E-state index in [2.05, 4.69) is 20.7 Å². The highest BCUT2D eigenvalue weighted by molar-refractivity contribution is 5.45. The van der Waals surface area contributed by atoms with Crippen LogP contribution in [0.1, 0.15) is 0 Å². The van der Waals surface area contributed by atoms with Crippen LogP contribution in [0.3, 0.4) is 0 Å². The minimum Gasteiger partial charge on any atom is -0.364 e. The smallest absolute Gasteiger partial charge is 0.324 e. The number of nitrogens with one attached hydrogen (secondary N) is 2. The van der Waals surface area contributed by atoms with Crippen molar-refractivity contribution in [2.24, 2.45) is 5.84 Å². The Hall–Kier alpha value is -1.64. The number of hydrogen-bond donors (Lipinski definition) is 3. The maximum Gasteiger partial charge on any atom is 0.324 e. The van der Waals surface area contributed by atoms with Crippen molar-refractivity contribution in [1.29, 1.82) is 0 Å². The van der Waals surface area contributed by atoms with Crippen molar-refractivity contribution in [3.05, 3.63) is 12.4 Å². The molecule has 1 heterocycles. The van der Waals surface area contributed by atoms with Gasteiger partial charge in [0.15, 0.2) is 0 Å². The van der Waals surface area contributed by atoms with Crippen molar-refractivity contribution >= 4 is 11.6 Å². The van der Waals surface area contributed by atoms with Gasteiger partial charge in [-0.3, -0.25) is 0 Å². The average Bonchev–Trinajstić information content (AvgIpc) is 2.26. The van der Waals surface area contributed by atoms with Crippen LogP contribution in [0.25, 0.3) is 0 Å². The summed E-state index contributed by atoms with van der Waals surface area (Å²) in [6.45, 7) is -1.22. The third kappa shape index (κ3) is 3.19. The standard InChI is InChI=1S/C7H9F4N5/c8-6(9)7(10,11)2-13-4-1-5(16-12)15-3-14-4/h1,3,6H,2,12H2,(H2,13,14,15,16). The van der Waals surface area contributed by atoms with Gasteiger partial charge in [0.1, 0.15) is 18.0 Å². The molecule has 90 valence electrons. The van der Waals surface area contributed by atoms with E-state index in [1.165, 1.54) is 6.07 Å². The molecular weight excluding hydrogens is 230 g/mol. The first-order valence-corrected chi connectivity index (χ1v) is 4.14. The van der Waals surface area contributed by atoms with Gasteiger partial charge in [0.05, 0.1) is 6.54 Å². The lowest BCUT2D eigenvalue weighted by Crippen LogP contribution is -2.35. The van der Waals surface area contributed by atoms with Crippen molar-refractivity contribution < 1.29 is 17.6 Å². The molecule has 0 aliphatic heterocycles. The number of hydrazine groups is 1. The van der Waals surface area contributed by atoms with E-state index in [0.29, 0.717) is 0 Å². The number of nitrogens with zero attached hydrogens (tertiary/aromatic N) is 2. The molecule has 0 unspecified atom stereocenters. The maximum absolute atomic E-state index is 12.5. The lowest BCUT2D eigenvalue weighted by Gasteiger charge is -2.16. The van der Waals surface area contributed by atoms with Gasteiger partial charge in [0.2, 0.25) is 0 Å². The number of halogens is 4. The molecule has 0 aliphatic rings. The third-order valence-electron chi connectivity index (χ3n) is 1.64. The van der Waals surface area contributed by atoms with E-state index in [4.69, 9.17) is 5.84 Å². The van der Waals surface area contributed by atoms with E-state index in [9.17, 15) is 17.6 Å². The lowest BCUT2D eigenvalue weighted by atomic mass is 10.3. The molecule has 0 atom stereocenters. The quantitative estimate of drug-likeness (QED) is 0.407. The Bertz CT molecular complexity index is 345. The lowest BCUT2D eigenvalue weighted by molar-refractivity contribution is -0.117. The van der Waals surface area contributed by atoms with Gasteiger partial charge in [-0.05, 0) is 0 Å². The minimum absolute atomic E-state index is 0.0247. The van der Waals surface area contributed by atoms with Crippen molar-refractivity contribution in [2.75, 3.05) is 17.3 Å². The molecule has 1 aromatic heterocycles. The Morgan fingerprint density at radius 2 is 1.94 bits per heavy atom. The largest absolute Gasteiger partial charge is 0.364 e. The highest BCUT2D eigenvalue weighted by Crippen LogP contribution is 2.23. The van der Waals surface area contributed by atoms with Crippen LogP contribution in [-0.4, -0.2) is 28.9 Å². The predicted molar refractivity (Wildman–Crippen MR) is 49.3 cm³/mol. The van der Waals surface area contributed by atoms with Crippen LogP contribution in [0.5, 0.6) is 0 Å². The topological polar surface area (TPSA) is 75.9 Å². The first-order chi connectivity index (χ1) is 7.45. The van der Waals surface area contributed by atoms with Crippen molar-refractivity contribution in [3.63, 3.8) is 0 Å². The second kappa shape index (κ2) is 4.92. The molecule has 0 amide bonds. The second-order valence-electron chi connectivity index (χ2n) is 2.85. The second-order valence-corrected chi connectivity index (χ2v) is 2.85. The van der Waals surface area contributed by atoms with E-state index in [1.54, 1.807) is 0 Å². The van der Waals surface area contributed by atoms with Gasteiger partial charge in [-0.25, -0.2) is 24.6 Å². The first-order valence-electron chi connectivity index (χ1n) is 4.14. The summed E-state index contributed by atoms with van der Waals surface area (Å²) in [7, 11) is 0. The van der Waals surface area contributed by atoms with Crippen LogP contribution in [0.2, 0.25) is 0 Å². The van der Waals surface area contributed by atoms with E-state index in [-0.39, 0.29) is 11.6 Å². The molecular formula is C7H9F4N5. The molecule has 4 N–H and O–H groups in total. The van der Waals surface area contributed by atoms with Gasteiger partial charge in [-0.1, -0.05) is 0 Å². The van der Waals surface area contributed by atoms with Gasteiger partial charge in [-0.15, -0.1) is 0 Å². The van der Waals surface area contributed by atoms with Crippen LogP contribution in [-0.2, 0) is 0 Å². The zero-order chi connectivity index (χ0) is 12.2. The molecule has 1 aromatic rings. The summed E-state index contributed by atoms with van der Waals surface area (Å²) in [5.74, 6) is 1.06. The first kappa shape index (κ1) is 12.4. The van der Waals surface area contributed by atoms with Gasteiger partial charge in [0, 0.05) is 6.07 Å². The molecule has 5 nitrogen and oxygen atoms in total. The zero-order valence-electron chi connectivity index (χ0n) is 7.92. The fourth-order valence-electron chi connectivity index (χ4n) is 0.818. The van der Waals surface area contributed by atoms with E-state index in [0.717, 1.165) is 6.33 Å². The summed E-state index contributed by atoms with van der Waals surface area (Å²) in [5, 5.41) is 2.06. The molecule has 0 saturated heterocycles. The van der Waals surface area contributed by atoms with Crippen molar-refractivity contribution in [3.8, 4) is 0 Å². The fourth-order valence-corrected chi connectivity index (χ4v) is 0.818. The summed E-state index contributed by atoms with van der Waals surface area (Å²) >= 11 is 0. The zero-order valence-corrected chi connectivity index (χ0v) is 7.92. The SMILES string of the molecule is NNc1cc(NCC(F)(F)C(F)F)ncn1. The van der Waals surface area contributed by atoms with E-state index in [1.807, 2.05) is 0 Å². The van der Waals surface area contributed by atoms with E-state index >= 15 is 0 Å². The number of rotatable bonds is 5. The Labute approximate surface area is 88.0 Å². The summed E-state index contributed by atoms with van der Waals surface area (Å²) in [6.07, 6.45) is -2.67. The predicted octanol–water partition coefficient (Wildman–Crippen LogP) is 1.07.